The Morgan fingerprint density at radius 2 is 1.74 bits per heavy atom. The van der Waals surface area contributed by atoms with Gasteiger partial charge in [0.25, 0.3) is 0 Å². The Hall–Kier alpha value is -0.873. The lowest BCUT2D eigenvalue weighted by Gasteiger charge is -2.44. The van der Waals surface area contributed by atoms with E-state index in [-0.39, 0.29) is 18.0 Å². The van der Waals surface area contributed by atoms with E-state index in [1.807, 2.05) is 0 Å². The maximum Gasteiger partial charge on any atom is 0.226 e. The van der Waals surface area contributed by atoms with E-state index >= 15 is 0 Å². The molecule has 1 aliphatic rings. The van der Waals surface area contributed by atoms with Crippen LogP contribution in [0.1, 0.15) is 64.9 Å². The van der Waals surface area contributed by atoms with Crippen molar-refractivity contribution in [1.82, 2.24) is 0 Å². The van der Waals surface area contributed by atoms with Gasteiger partial charge in [-0.25, -0.2) is 0 Å². The highest BCUT2D eigenvalue weighted by molar-refractivity contribution is 6.83. The summed E-state index contributed by atoms with van der Waals surface area (Å²) < 4.78 is 11.4. The minimum atomic E-state index is -1.48. The van der Waals surface area contributed by atoms with Crippen LogP contribution in [0.5, 0.6) is 0 Å². The lowest BCUT2D eigenvalue weighted by Crippen LogP contribution is -2.47. The average molecular weight is 337 g/mol. The van der Waals surface area contributed by atoms with Crippen LogP contribution in [0.4, 0.5) is 0 Å². The fraction of sp³-hybridized carbons (Fsp3) is 0.737. The highest BCUT2D eigenvalue weighted by Gasteiger charge is 2.46. The molecule has 1 aromatic rings. The Balaban J connectivity index is 2.07. The smallest absolute Gasteiger partial charge is 0.226 e. The largest absolute Gasteiger partial charge is 0.461 e. The molecule has 1 aliphatic heterocycles. The van der Waals surface area contributed by atoms with Gasteiger partial charge in [0, 0.05) is 0 Å². The van der Waals surface area contributed by atoms with Gasteiger partial charge >= 0.3 is 0 Å². The van der Waals surface area contributed by atoms with Gasteiger partial charge in [0.15, 0.2) is 5.76 Å². The van der Waals surface area contributed by atoms with Crippen molar-refractivity contribution in [2.45, 2.75) is 89.3 Å². The third kappa shape index (κ3) is 3.63. The third-order valence-corrected chi connectivity index (χ3v) is 13.6. The molecule has 2 rings (SSSR count). The van der Waals surface area contributed by atoms with E-state index in [0.29, 0.717) is 5.76 Å². The first-order valence-electron chi connectivity index (χ1n) is 9.02. The van der Waals surface area contributed by atoms with Crippen molar-refractivity contribution in [2.24, 2.45) is 0 Å². The molecule has 0 aliphatic carbocycles. The van der Waals surface area contributed by atoms with Crippen molar-refractivity contribution in [3.8, 4) is 0 Å². The van der Waals surface area contributed by atoms with Crippen molar-refractivity contribution < 1.29 is 13.9 Å². The molecule has 0 unspecified atom stereocenters. The molecule has 0 bridgehead atoms. The number of ketones is 1. The van der Waals surface area contributed by atoms with Crippen LogP contribution in [-0.2, 0) is 4.74 Å². The highest BCUT2D eigenvalue weighted by Crippen LogP contribution is 2.47. The lowest BCUT2D eigenvalue weighted by atomic mass is 10.1. The Labute approximate surface area is 141 Å². The van der Waals surface area contributed by atoms with E-state index in [1.165, 1.54) is 6.04 Å². The normalized spacial score (nSPS) is 22.5. The molecule has 0 radical (unpaired) electrons. The van der Waals surface area contributed by atoms with Crippen LogP contribution in [-0.4, -0.2) is 26.1 Å². The lowest BCUT2D eigenvalue weighted by molar-refractivity contribution is 0.0404. The summed E-state index contributed by atoms with van der Waals surface area (Å²) in [5.74, 6) is 0.430. The van der Waals surface area contributed by atoms with Crippen LogP contribution in [0.15, 0.2) is 22.8 Å². The number of hydrogen-bond acceptors (Lipinski definition) is 3. The zero-order valence-electron chi connectivity index (χ0n) is 15.5. The van der Waals surface area contributed by atoms with Crippen LogP contribution in [0.3, 0.4) is 0 Å². The fourth-order valence-corrected chi connectivity index (χ4v) is 11.2. The predicted molar refractivity (Wildman–Crippen MR) is 96.8 cm³/mol. The van der Waals surface area contributed by atoms with Gasteiger partial charge in [-0.2, -0.15) is 0 Å². The number of ether oxygens (including phenoxy) is 1. The third-order valence-electron chi connectivity index (χ3n) is 5.97. The minimum Gasteiger partial charge on any atom is -0.461 e. The molecule has 130 valence electrons. The molecule has 2 atom stereocenters. The summed E-state index contributed by atoms with van der Waals surface area (Å²) in [4.78, 5) is 12.4. The van der Waals surface area contributed by atoms with Gasteiger partial charge in [-0.15, -0.1) is 0 Å². The standard InChI is InChI=1S/C19H32O3Si/c1-13(2)23(14(3)4,15(5)6)12-16-9-10-18(22-16)19(20)17-8-7-11-21-17/h7-8,11,13-16,18H,9-10,12H2,1-6H3/t16-,18-/m1/s1. The fourth-order valence-electron chi connectivity index (χ4n) is 4.73. The van der Waals surface area contributed by atoms with Crippen LogP contribution in [0.25, 0.3) is 0 Å². The molecular weight excluding hydrogens is 304 g/mol. The molecule has 1 aromatic heterocycles. The van der Waals surface area contributed by atoms with Crippen molar-refractivity contribution >= 4 is 13.9 Å². The Bertz CT molecular complexity index is 483. The molecule has 1 saturated heterocycles. The van der Waals surface area contributed by atoms with E-state index in [0.717, 1.165) is 29.5 Å². The molecule has 23 heavy (non-hydrogen) atoms. The van der Waals surface area contributed by atoms with E-state index in [1.54, 1.807) is 18.4 Å². The first kappa shape index (κ1) is 18.5. The average Bonchev–Trinajstić information content (AvgIpc) is 3.14. The molecule has 0 amide bonds. The maximum atomic E-state index is 12.4. The summed E-state index contributed by atoms with van der Waals surface area (Å²) in [6, 6.07) is 4.66. The first-order chi connectivity index (χ1) is 10.8. The zero-order chi connectivity index (χ0) is 17.2. The van der Waals surface area contributed by atoms with Crippen molar-refractivity contribution in [2.75, 3.05) is 0 Å². The Kier molecular flexibility index (Phi) is 5.90. The number of carbonyl (C=O) groups is 1. The topological polar surface area (TPSA) is 39.4 Å². The highest BCUT2D eigenvalue weighted by atomic mass is 28.3. The van der Waals surface area contributed by atoms with E-state index < -0.39 is 8.07 Å². The minimum absolute atomic E-state index is 0.00316. The Morgan fingerprint density at radius 3 is 2.22 bits per heavy atom. The summed E-state index contributed by atoms with van der Waals surface area (Å²) in [6.45, 7) is 14.3. The second kappa shape index (κ2) is 7.35. The Morgan fingerprint density at radius 1 is 1.13 bits per heavy atom. The first-order valence-corrected chi connectivity index (χ1v) is 11.5. The van der Waals surface area contributed by atoms with Gasteiger partial charge in [-0.1, -0.05) is 58.2 Å². The zero-order valence-corrected chi connectivity index (χ0v) is 16.5. The van der Waals surface area contributed by atoms with Crippen LogP contribution in [0, 0.1) is 0 Å². The van der Waals surface area contributed by atoms with Crippen molar-refractivity contribution in [3.05, 3.63) is 24.2 Å². The molecule has 0 aromatic carbocycles. The van der Waals surface area contributed by atoms with Gasteiger partial charge in [0.05, 0.1) is 20.4 Å². The molecule has 0 N–H and O–H groups in total. The molecule has 4 heteroatoms. The second-order valence-electron chi connectivity index (χ2n) is 7.95. The number of rotatable bonds is 7. The SMILES string of the molecule is CC(C)[Si](C[C@H]1CC[C@H](C(=O)c2ccco2)O1)(C(C)C)C(C)C. The van der Waals surface area contributed by atoms with Crippen LogP contribution >= 0.6 is 0 Å². The van der Waals surface area contributed by atoms with Crippen molar-refractivity contribution in [1.29, 1.82) is 0 Å². The van der Waals surface area contributed by atoms with Crippen molar-refractivity contribution in [3.63, 3.8) is 0 Å². The monoisotopic (exact) mass is 336 g/mol. The predicted octanol–water partition coefficient (Wildman–Crippen LogP) is 5.69. The molecule has 2 heterocycles. The summed E-state index contributed by atoms with van der Waals surface area (Å²) in [7, 11) is -1.48. The maximum absolute atomic E-state index is 12.4. The van der Waals surface area contributed by atoms with Gasteiger partial charge in [-0.05, 0) is 31.0 Å². The molecule has 1 fully saturated rings. The number of carbonyl (C=O) groups excluding carboxylic acids is 1. The number of Topliss-reactive ketones (excluding diaryl/α,β-unsaturated/α-hetero) is 1. The van der Waals surface area contributed by atoms with E-state index in [9.17, 15) is 4.79 Å². The molecule has 0 saturated carbocycles. The summed E-state index contributed by atoms with van der Waals surface area (Å²) >= 11 is 0. The quantitative estimate of drug-likeness (QED) is 0.474. The van der Waals surface area contributed by atoms with Gasteiger partial charge in [0.1, 0.15) is 6.10 Å². The van der Waals surface area contributed by atoms with Gasteiger partial charge in [0.2, 0.25) is 5.78 Å². The second-order valence-corrected chi connectivity index (χ2v) is 14.0. The van der Waals surface area contributed by atoms with E-state index in [4.69, 9.17) is 9.15 Å². The number of hydrogen-bond donors (Lipinski definition) is 0. The molecule has 3 nitrogen and oxygen atoms in total. The number of furan rings is 1. The van der Waals surface area contributed by atoms with Gasteiger partial charge in [-0.3, -0.25) is 4.79 Å². The van der Waals surface area contributed by atoms with Gasteiger partial charge < -0.3 is 9.15 Å². The summed E-state index contributed by atoms with van der Waals surface area (Å²) in [5, 5.41) is 0. The molecular formula is C19H32O3Si. The van der Waals surface area contributed by atoms with Crippen LogP contribution < -0.4 is 0 Å². The summed E-state index contributed by atoms with van der Waals surface area (Å²) in [6.07, 6.45) is 3.29. The van der Waals surface area contributed by atoms with E-state index in [2.05, 4.69) is 41.5 Å². The summed E-state index contributed by atoms with van der Waals surface area (Å²) in [5.41, 5.74) is 2.18. The van der Waals surface area contributed by atoms with Crippen LogP contribution in [0.2, 0.25) is 22.7 Å². The molecule has 0 spiro atoms.